The maximum Gasteiger partial charge on any atom is 0.244 e. The predicted octanol–water partition coefficient (Wildman–Crippen LogP) is 1.41. The summed E-state index contributed by atoms with van der Waals surface area (Å²) in [4.78, 5) is 29.1. The second-order valence-corrected chi connectivity index (χ2v) is 7.43. The molecule has 2 aromatic rings. The van der Waals surface area contributed by atoms with Crippen molar-refractivity contribution in [2.75, 3.05) is 13.1 Å². The Kier molecular flexibility index (Phi) is 6.01. The fraction of sp³-hybridized carbons (Fsp3) is 0.526. The molecular formula is C19H25FN6O2. The molecule has 0 saturated carbocycles. The van der Waals surface area contributed by atoms with E-state index < -0.39 is 0 Å². The van der Waals surface area contributed by atoms with Gasteiger partial charge in [-0.15, -0.1) is 5.10 Å². The molecule has 3 rings (SSSR count). The third kappa shape index (κ3) is 4.52. The molecule has 1 atom stereocenters. The Hall–Kier alpha value is -2.84. The SMILES string of the molecule is Cc1nnnn1CC(=O)N1CCC(=O)N(Cc2ccc(F)cc2)C(C(C)C)C1. The zero-order valence-corrected chi connectivity index (χ0v) is 16.4. The number of hydrogen-bond acceptors (Lipinski definition) is 5. The maximum atomic E-state index is 13.2. The normalized spacial score (nSPS) is 17.9. The Labute approximate surface area is 163 Å². The van der Waals surface area contributed by atoms with Crippen LogP contribution in [0.5, 0.6) is 0 Å². The summed E-state index contributed by atoms with van der Waals surface area (Å²) in [6.45, 7) is 7.07. The maximum absolute atomic E-state index is 13.2. The van der Waals surface area contributed by atoms with E-state index in [0.717, 1.165) is 5.56 Å². The van der Waals surface area contributed by atoms with Crippen molar-refractivity contribution in [2.24, 2.45) is 5.92 Å². The first-order valence-electron chi connectivity index (χ1n) is 9.39. The number of amides is 2. The van der Waals surface area contributed by atoms with Crippen LogP contribution in [0, 0.1) is 18.7 Å². The van der Waals surface area contributed by atoms with Crippen molar-refractivity contribution in [3.05, 3.63) is 41.5 Å². The molecule has 0 radical (unpaired) electrons. The number of benzene rings is 1. The minimum absolute atomic E-state index is 0.00284. The summed E-state index contributed by atoms with van der Waals surface area (Å²) in [5.74, 6) is 0.306. The lowest BCUT2D eigenvalue weighted by Gasteiger charge is -2.34. The minimum atomic E-state index is -0.305. The van der Waals surface area contributed by atoms with Crippen molar-refractivity contribution in [1.82, 2.24) is 30.0 Å². The van der Waals surface area contributed by atoms with Gasteiger partial charge in [0.2, 0.25) is 11.8 Å². The fourth-order valence-electron chi connectivity index (χ4n) is 3.39. The van der Waals surface area contributed by atoms with E-state index in [1.165, 1.54) is 16.8 Å². The second-order valence-electron chi connectivity index (χ2n) is 7.43. The molecule has 1 aliphatic rings. The molecule has 0 N–H and O–H groups in total. The third-order valence-electron chi connectivity index (χ3n) is 5.11. The lowest BCUT2D eigenvalue weighted by molar-refractivity contribution is -0.134. The predicted molar refractivity (Wildman–Crippen MR) is 99.3 cm³/mol. The molecule has 1 fully saturated rings. The van der Waals surface area contributed by atoms with Gasteiger partial charge in [-0.3, -0.25) is 9.59 Å². The summed E-state index contributed by atoms with van der Waals surface area (Å²) in [5, 5.41) is 11.2. The molecule has 28 heavy (non-hydrogen) atoms. The average molecular weight is 388 g/mol. The van der Waals surface area contributed by atoms with Crippen LogP contribution >= 0.6 is 0 Å². The van der Waals surface area contributed by atoms with Crippen molar-refractivity contribution in [2.45, 2.75) is 46.3 Å². The molecule has 1 aromatic heterocycles. The summed E-state index contributed by atoms with van der Waals surface area (Å²) in [5.41, 5.74) is 0.865. The van der Waals surface area contributed by atoms with Crippen LogP contribution in [-0.4, -0.2) is 61.0 Å². The summed E-state index contributed by atoms with van der Waals surface area (Å²) in [6, 6.07) is 6.04. The summed E-state index contributed by atoms with van der Waals surface area (Å²) in [7, 11) is 0. The molecule has 1 aliphatic heterocycles. The van der Waals surface area contributed by atoms with Gasteiger partial charge in [0.25, 0.3) is 0 Å². The van der Waals surface area contributed by atoms with Gasteiger partial charge in [0.15, 0.2) is 0 Å². The monoisotopic (exact) mass is 388 g/mol. The molecule has 9 heteroatoms. The smallest absolute Gasteiger partial charge is 0.244 e. The molecule has 0 aliphatic carbocycles. The van der Waals surface area contributed by atoms with Gasteiger partial charge in [0.1, 0.15) is 18.2 Å². The van der Waals surface area contributed by atoms with E-state index in [4.69, 9.17) is 0 Å². The highest BCUT2D eigenvalue weighted by Crippen LogP contribution is 2.21. The largest absolute Gasteiger partial charge is 0.338 e. The first kappa shape index (κ1) is 19.9. The summed E-state index contributed by atoms with van der Waals surface area (Å²) in [6.07, 6.45) is 0.255. The quantitative estimate of drug-likeness (QED) is 0.773. The molecule has 1 unspecified atom stereocenters. The Morgan fingerprint density at radius 2 is 2.00 bits per heavy atom. The highest BCUT2D eigenvalue weighted by Gasteiger charge is 2.33. The van der Waals surface area contributed by atoms with E-state index >= 15 is 0 Å². The van der Waals surface area contributed by atoms with Crippen LogP contribution in [0.2, 0.25) is 0 Å². The zero-order valence-electron chi connectivity index (χ0n) is 16.4. The number of halogens is 1. The van der Waals surface area contributed by atoms with E-state index in [9.17, 15) is 14.0 Å². The van der Waals surface area contributed by atoms with E-state index in [2.05, 4.69) is 15.5 Å². The highest BCUT2D eigenvalue weighted by molar-refractivity contribution is 5.80. The van der Waals surface area contributed by atoms with Crippen molar-refractivity contribution >= 4 is 11.8 Å². The molecule has 2 amide bonds. The summed E-state index contributed by atoms with van der Waals surface area (Å²) >= 11 is 0. The van der Waals surface area contributed by atoms with Gasteiger partial charge < -0.3 is 9.80 Å². The van der Waals surface area contributed by atoms with Crippen molar-refractivity contribution in [1.29, 1.82) is 0 Å². The molecule has 8 nitrogen and oxygen atoms in total. The molecular weight excluding hydrogens is 363 g/mol. The number of carbonyl (C=O) groups is 2. The Morgan fingerprint density at radius 1 is 1.29 bits per heavy atom. The van der Waals surface area contributed by atoms with E-state index in [-0.39, 0.29) is 42.6 Å². The number of hydrogen-bond donors (Lipinski definition) is 0. The third-order valence-corrected chi connectivity index (χ3v) is 5.11. The molecule has 1 saturated heterocycles. The van der Waals surface area contributed by atoms with Crippen LogP contribution < -0.4 is 0 Å². The molecule has 150 valence electrons. The van der Waals surface area contributed by atoms with Crippen LogP contribution in [0.4, 0.5) is 4.39 Å². The van der Waals surface area contributed by atoms with Gasteiger partial charge >= 0.3 is 0 Å². The Balaban J connectivity index is 1.76. The van der Waals surface area contributed by atoms with Gasteiger partial charge in [-0.1, -0.05) is 26.0 Å². The molecule has 1 aromatic carbocycles. The topological polar surface area (TPSA) is 84.2 Å². The van der Waals surface area contributed by atoms with Gasteiger partial charge in [-0.05, 0) is 41.0 Å². The van der Waals surface area contributed by atoms with E-state index in [1.54, 1.807) is 24.0 Å². The standard InChI is InChI=1S/C19H25FN6O2/c1-13(2)17-11-24(19(28)12-26-14(3)21-22-23-26)9-8-18(27)25(17)10-15-4-6-16(20)7-5-15/h4-7,13,17H,8-12H2,1-3H3. The van der Waals surface area contributed by atoms with Gasteiger partial charge in [0, 0.05) is 26.1 Å². The lowest BCUT2D eigenvalue weighted by Crippen LogP contribution is -2.47. The molecule has 0 bridgehead atoms. The Morgan fingerprint density at radius 3 is 2.61 bits per heavy atom. The molecule has 0 spiro atoms. The highest BCUT2D eigenvalue weighted by atomic mass is 19.1. The fourth-order valence-corrected chi connectivity index (χ4v) is 3.39. The summed E-state index contributed by atoms with van der Waals surface area (Å²) < 4.78 is 14.6. The number of nitrogens with zero attached hydrogens (tertiary/aromatic N) is 6. The second kappa shape index (κ2) is 8.45. The van der Waals surface area contributed by atoms with Crippen LogP contribution in [0.1, 0.15) is 31.7 Å². The van der Waals surface area contributed by atoms with E-state index in [0.29, 0.717) is 25.5 Å². The van der Waals surface area contributed by atoms with Gasteiger partial charge in [-0.25, -0.2) is 9.07 Å². The number of tetrazole rings is 1. The number of carbonyl (C=O) groups excluding carboxylic acids is 2. The van der Waals surface area contributed by atoms with Crippen molar-refractivity contribution < 1.29 is 14.0 Å². The van der Waals surface area contributed by atoms with Gasteiger partial charge in [0.05, 0.1) is 6.04 Å². The van der Waals surface area contributed by atoms with Crippen LogP contribution in [-0.2, 0) is 22.7 Å². The zero-order chi connectivity index (χ0) is 20.3. The molecule has 2 heterocycles. The van der Waals surface area contributed by atoms with E-state index in [1.807, 2.05) is 18.7 Å². The van der Waals surface area contributed by atoms with Crippen molar-refractivity contribution in [3.8, 4) is 0 Å². The van der Waals surface area contributed by atoms with Crippen LogP contribution in [0.25, 0.3) is 0 Å². The van der Waals surface area contributed by atoms with Gasteiger partial charge in [-0.2, -0.15) is 0 Å². The van der Waals surface area contributed by atoms with Crippen LogP contribution in [0.15, 0.2) is 24.3 Å². The van der Waals surface area contributed by atoms with Crippen molar-refractivity contribution in [3.63, 3.8) is 0 Å². The Bertz CT molecular complexity index is 835. The lowest BCUT2D eigenvalue weighted by atomic mass is 10.0. The number of aromatic nitrogens is 4. The minimum Gasteiger partial charge on any atom is -0.338 e. The first-order chi connectivity index (χ1) is 13.3. The number of aryl methyl sites for hydroxylation is 1. The van der Waals surface area contributed by atoms with Crippen LogP contribution in [0.3, 0.4) is 0 Å². The average Bonchev–Trinajstić information content (AvgIpc) is 2.97. The number of rotatable bonds is 5. The first-order valence-corrected chi connectivity index (χ1v) is 9.39.